The van der Waals surface area contributed by atoms with Crippen LogP contribution < -0.4 is 10.3 Å². The minimum Gasteiger partial charge on any atom is -0.267 e. The van der Waals surface area contributed by atoms with Crippen LogP contribution in [0.15, 0.2) is 64.3 Å². The fourth-order valence-corrected chi connectivity index (χ4v) is 3.53. The lowest BCUT2D eigenvalue weighted by molar-refractivity contribution is 0.0975. The van der Waals surface area contributed by atoms with Gasteiger partial charge in [-0.2, -0.15) is 5.10 Å². The predicted molar refractivity (Wildman–Crippen MR) is 97.5 cm³/mol. The standard InChI is InChI=1S/C18H17N3O4S/c1-12(2)21-18(23)15-11-7-6-10-14(15)16(19-21)17(22)20-26(24,25)13-8-4-3-5-9-13/h3-12H,1-2H3,(H,20,22). The SMILES string of the molecule is CC(C)n1nc(C(=O)NS(=O)(=O)c2ccccc2)c2ccccc2c1=O. The number of rotatable bonds is 4. The molecule has 0 radical (unpaired) electrons. The lowest BCUT2D eigenvalue weighted by atomic mass is 10.1. The van der Waals surface area contributed by atoms with Gasteiger partial charge in [0.1, 0.15) is 0 Å². The molecule has 1 N–H and O–H groups in total. The van der Waals surface area contributed by atoms with Crippen LogP contribution in [0.3, 0.4) is 0 Å². The van der Waals surface area contributed by atoms with Gasteiger partial charge in [-0.15, -0.1) is 0 Å². The molecule has 3 rings (SSSR count). The molecule has 134 valence electrons. The Balaban J connectivity index is 2.12. The monoisotopic (exact) mass is 371 g/mol. The van der Waals surface area contributed by atoms with Gasteiger partial charge in [-0.3, -0.25) is 9.59 Å². The molecule has 26 heavy (non-hydrogen) atoms. The van der Waals surface area contributed by atoms with Gasteiger partial charge < -0.3 is 0 Å². The van der Waals surface area contributed by atoms with E-state index in [9.17, 15) is 18.0 Å². The molecule has 1 aromatic heterocycles. The molecule has 0 aliphatic carbocycles. The molecule has 1 heterocycles. The highest BCUT2D eigenvalue weighted by Crippen LogP contribution is 2.16. The smallest absolute Gasteiger partial charge is 0.267 e. The van der Waals surface area contributed by atoms with Crippen LogP contribution in [0, 0.1) is 0 Å². The summed E-state index contributed by atoms with van der Waals surface area (Å²) in [5.74, 6) is -0.889. The summed E-state index contributed by atoms with van der Waals surface area (Å²) >= 11 is 0. The molecule has 2 aromatic carbocycles. The highest BCUT2D eigenvalue weighted by Gasteiger charge is 2.23. The first-order valence-electron chi connectivity index (χ1n) is 7.95. The molecule has 3 aromatic rings. The normalized spacial score (nSPS) is 11.7. The van der Waals surface area contributed by atoms with Crippen molar-refractivity contribution in [1.82, 2.24) is 14.5 Å². The van der Waals surface area contributed by atoms with E-state index in [-0.39, 0.29) is 22.2 Å². The molecule has 7 nitrogen and oxygen atoms in total. The van der Waals surface area contributed by atoms with Crippen molar-refractivity contribution in [3.63, 3.8) is 0 Å². The fraction of sp³-hybridized carbons (Fsp3) is 0.167. The van der Waals surface area contributed by atoms with Crippen LogP contribution >= 0.6 is 0 Å². The number of hydrogen-bond donors (Lipinski definition) is 1. The molecule has 1 amide bonds. The second-order valence-corrected chi connectivity index (χ2v) is 7.67. The van der Waals surface area contributed by atoms with Crippen LogP contribution in [0.2, 0.25) is 0 Å². The third-order valence-electron chi connectivity index (χ3n) is 3.81. The Bertz CT molecular complexity index is 1140. The van der Waals surface area contributed by atoms with E-state index in [4.69, 9.17) is 0 Å². The third kappa shape index (κ3) is 3.23. The number of carbonyl (C=O) groups excluding carboxylic acids is 1. The predicted octanol–water partition coefficient (Wildman–Crippen LogP) is 2.10. The van der Waals surface area contributed by atoms with Crippen LogP contribution in [0.5, 0.6) is 0 Å². The third-order valence-corrected chi connectivity index (χ3v) is 5.16. The van der Waals surface area contributed by atoms with E-state index in [1.54, 1.807) is 56.3 Å². The van der Waals surface area contributed by atoms with Crippen molar-refractivity contribution in [3.8, 4) is 0 Å². The van der Waals surface area contributed by atoms with Crippen LogP contribution in [-0.2, 0) is 10.0 Å². The van der Waals surface area contributed by atoms with Gasteiger partial charge >= 0.3 is 0 Å². The van der Waals surface area contributed by atoms with Gasteiger partial charge in [0.2, 0.25) is 0 Å². The van der Waals surface area contributed by atoms with Crippen molar-refractivity contribution >= 4 is 26.7 Å². The summed E-state index contributed by atoms with van der Waals surface area (Å²) in [6.45, 7) is 3.51. The molecule has 0 unspecified atom stereocenters. The molecular weight excluding hydrogens is 354 g/mol. The van der Waals surface area contributed by atoms with E-state index in [0.29, 0.717) is 10.8 Å². The van der Waals surface area contributed by atoms with Gasteiger partial charge in [0.05, 0.1) is 16.3 Å². The van der Waals surface area contributed by atoms with E-state index >= 15 is 0 Å². The number of carbonyl (C=O) groups is 1. The van der Waals surface area contributed by atoms with Crippen molar-refractivity contribution in [2.24, 2.45) is 0 Å². The second kappa shape index (κ2) is 6.72. The van der Waals surface area contributed by atoms with E-state index < -0.39 is 15.9 Å². The molecular formula is C18H17N3O4S. The van der Waals surface area contributed by atoms with E-state index in [1.165, 1.54) is 16.8 Å². The van der Waals surface area contributed by atoms with E-state index in [1.807, 2.05) is 4.72 Å². The maximum atomic E-state index is 12.7. The average molecular weight is 371 g/mol. The van der Waals surface area contributed by atoms with E-state index in [0.717, 1.165) is 0 Å². The quantitative estimate of drug-likeness (QED) is 0.757. The van der Waals surface area contributed by atoms with E-state index in [2.05, 4.69) is 5.10 Å². The molecule has 0 atom stereocenters. The van der Waals surface area contributed by atoms with Crippen LogP contribution in [-0.4, -0.2) is 24.1 Å². The number of aromatic nitrogens is 2. The Labute approximate surface area is 150 Å². The molecule has 0 fully saturated rings. The van der Waals surface area contributed by atoms with Crippen molar-refractivity contribution in [2.45, 2.75) is 24.8 Å². The minimum absolute atomic E-state index is 0.0326. The average Bonchev–Trinajstić information content (AvgIpc) is 2.62. The Kier molecular flexibility index (Phi) is 4.60. The second-order valence-electron chi connectivity index (χ2n) is 5.99. The zero-order chi connectivity index (χ0) is 18.9. The molecule has 0 saturated heterocycles. The molecule has 8 heteroatoms. The lowest BCUT2D eigenvalue weighted by Crippen LogP contribution is -2.34. The minimum atomic E-state index is -4.05. The summed E-state index contributed by atoms with van der Waals surface area (Å²) in [6, 6.07) is 13.8. The summed E-state index contributed by atoms with van der Waals surface area (Å²) in [5, 5.41) is 4.71. The van der Waals surface area contributed by atoms with Crippen LogP contribution in [0.4, 0.5) is 0 Å². The molecule has 0 spiro atoms. The Morgan fingerprint density at radius 2 is 1.58 bits per heavy atom. The first-order valence-corrected chi connectivity index (χ1v) is 9.43. The van der Waals surface area contributed by atoms with Crippen LogP contribution in [0.25, 0.3) is 10.8 Å². The number of sulfonamides is 1. The van der Waals surface area contributed by atoms with Crippen molar-refractivity contribution in [1.29, 1.82) is 0 Å². The summed E-state index contributed by atoms with van der Waals surface area (Å²) in [6.07, 6.45) is 0. The molecule has 0 saturated carbocycles. The Morgan fingerprint density at radius 3 is 2.19 bits per heavy atom. The summed E-state index contributed by atoms with van der Waals surface area (Å²) in [5.41, 5.74) is -0.452. The number of hydrogen-bond acceptors (Lipinski definition) is 5. The van der Waals surface area contributed by atoms with Gasteiger partial charge in [0, 0.05) is 5.39 Å². The van der Waals surface area contributed by atoms with Gasteiger partial charge in [-0.05, 0) is 32.0 Å². The largest absolute Gasteiger partial charge is 0.286 e. The molecule has 0 aliphatic rings. The Morgan fingerprint density at radius 1 is 1.00 bits per heavy atom. The summed E-state index contributed by atoms with van der Waals surface area (Å²) in [4.78, 5) is 25.1. The maximum Gasteiger partial charge on any atom is 0.286 e. The van der Waals surface area contributed by atoms with Gasteiger partial charge in [-0.1, -0.05) is 36.4 Å². The van der Waals surface area contributed by atoms with Gasteiger partial charge in [-0.25, -0.2) is 17.8 Å². The molecule has 0 aliphatic heterocycles. The van der Waals surface area contributed by atoms with Crippen molar-refractivity contribution in [3.05, 3.63) is 70.6 Å². The van der Waals surface area contributed by atoms with Crippen molar-refractivity contribution < 1.29 is 13.2 Å². The highest BCUT2D eigenvalue weighted by molar-refractivity contribution is 7.90. The number of amides is 1. The summed E-state index contributed by atoms with van der Waals surface area (Å²) in [7, 11) is -4.05. The van der Waals surface area contributed by atoms with Crippen LogP contribution in [0.1, 0.15) is 30.4 Å². The first-order chi connectivity index (χ1) is 12.3. The zero-order valence-corrected chi connectivity index (χ0v) is 15.0. The summed E-state index contributed by atoms with van der Waals surface area (Å²) < 4.78 is 28.0. The highest BCUT2D eigenvalue weighted by atomic mass is 32.2. The topological polar surface area (TPSA) is 98.1 Å². The number of nitrogens with one attached hydrogen (secondary N) is 1. The number of benzene rings is 2. The van der Waals surface area contributed by atoms with Gasteiger partial charge in [0.25, 0.3) is 21.5 Å². The number of fused-ring (bicyclic) bond motifs is 1. The number of nitrogens with zero attached hydrogens (tertiary/aromatic N) is 2. The lowest BCUT2D eigenvalue weighted by Gasteiger charge is -2.13. The zero-order valence-electron chi connectivity index (χ0n) is 14.2. The first kappa shape index (κ1) is 17.8. The maximum absolute atomic E-state index is 12.7. The molecule has 0 bridgehead atoms. The fourth-order valence-electron chi connectivity index (χ4n) is 2.55. The van der Waals surface area contributed by atoms with Crippen molar-refractivity contribution in [2.75, 3.05) is 0 Å². The van der Waals surface area contributed by atoms with Gasteiger partial charge in [0.15, 0.2) is 5.69 Å². The Hall–Kier alpha value is -3.00.